The van der Waals surface area contributed by atoms with E-state index in [0.29, 0.717) is 37.2 Å². The summed E-state index contributed by atoms with van der Waals surface area (Å²) in [6.45, 7) is 2.32. The number of aliphatic hydroxyl groups is 1. The van der Waals surface area contributed by atoms with Crippen molar-refractivity contribution in [1.82, 2.24) is 20.3 Å². The van der Waals surface area contributed by atoms with Crippen molar-refractivity contribution < 1.29 is 14.3 Å². The van der Waals surface area contributed by atoms with Gasteiger partial charge in [-0.3, -0.25) is 4.79 Å². The smallest absolute Gasteiger partial charge is 0.282 e. The second-order valence-electron chi connectivity index (χ2n) is 5.95. The van der Waals surface area contributed by atoms with Crippen molar-refractivity contribution in [3.05, 3.63) is 23.3 Å². The van der Waals surface area contributed by atoms with E-state index >= 15 is 0 Å². The third-order valence-electron chi connectivity index (χ3n) is 4.49. The molecule has 2 N–H and O–H groups in total. The van der Waals surface area contributed by atoms with Crippen LogP contribution in [0.3, 0.4) is 0 Å². The zero-order valence-corrected chi connectivity index (χ0v) is 12.0. The Morgan fingerprint density at radius 1 is 1.48 bits per heavy atom. The van der Waals surface area contributed by atoms with E-state index in [4.69, 9.17) is 0 Å². The van der Waals surface area contributed by atoms with Gasteiger partial charge in [0.15, 0.2) is 5.83 Å². The van der Waals surface area contributed by atoms with E-state index in [1.165, 1.54) is 11.1 Å². The molecule has 3 rings (SSSR count). The fourth-order valence-electron chi connectivity index (χ4n) is 2.76. The van der Waals surface area contributed by atoms with Gasteiger partial charge in [0, 0.05) is 13.1 Å². The summed E-state index contributed by atoms with van der Waals surface area (Å²) in [6.07, 6.45) is 4.09. The quantitative estimate of drug-likeness (QED) is 0.822. The first-order chi connectivity index (χ1) is 10.0. The van der Waals surface area contributed by atoms with Gasteiger partial charge in [0.05, 0.1) is 6.20 Å². The number of nitrogens with one attached hydrogen (secondary N) is 1. The molecule has 1 amide bonds. The molecule has 21 heavy (non-hydrogen) atoms. The van der Waals surface area contributed by atoms with Gasteiger partial charge in [-0.25, -0.2) is 4.39 Å². The number of aromatic amines is 1. The molecule has 1 aliphatic heterocycles. The minimum Gasteiger partial charge on any atom is -0.383 e. The maximum absolute atomic E-state index is 14.1. The van der Waals surface area contributed by atoms with Gasteiger partial charge >= 0.3 is 0 Å². The molecule has 7 heteroatoms. The molecule has 2 heterocycles. The van der Waals surface area contributed by atoms with Gasteiger partial charge in [-0.05, 0) is 44.1 Å². The Labute approximate surface area is 122 Å². The largest absolute Gasteiger partial charge is 0.383 e. The van der Waals surface area contributed by atoms with Crippen LogP contribution in [0.4, 0.5) is 4.39 Å². The van der Waals surface area contributed by atoms with Crippen molar-refractivity contribution in [1.29, 1.82) is 0 Å². The third-order valence-corrected chi connectivity index (χ3v) is 4.49. The highest BCUT2D eigenvalue weighted by Crippen LogP contribution is 2.38. The van der Waals surface area contributed by atoms with Gasteiger partial charge in [-0.2, -0.15) is 15.4 Å². The third kappa shape index (κ3) is 2.70. The Morgan fingerprint density at radius 3 is 2.67 bits per heavy atom. The van der Waals surface area contributed by atoms with Crippen molar-refractivity contribution in [2.24, 2.45) is 5.92 Å². The number of hydrogen-bond acceptors (Lipinski definition) is 4. The number of amides is 1. The van der Waals surface area contributed by atoms with Crippen LogP contribution in [0, 0.1) is 5.92 Å². The van der Waals surface area contributed by atoms with Crippen molar-refractivity contribution in [2.45, 2.75) is 38.2 Å². The number of aromatic nitrogens is 3. The van der Waals surface area contributed by atoms with E-state index in [-0.39, 0.29) is 5.92 Å². The molecule has 6 nitrogen and oxygen atoms in total. The highest BCUT2D eigenvalue weighted by molar-refractivity contribution is 5.92. The van der Waals surface area contributed by atoms with E-state index in [1.54, 1.807) is 6.92 Å². The number of allylic oxidation sites excluding steroid dienone is 1. The van der Waals surface area contributed by atoms with Crippen LogP contribution < -0.4 is 0 Å². The van der Waals surface area contributed by atoms with Crippen molar-refractivity contribution >= 4 is 5.91 Å². The van der Waals surface area contributed by atoms with E-state index in [9.17, 15) is 14.3 Å². The summed E-state index contributed by atoms with van der Waals surface area (Å²) >= 11 is 0. The number of carbonyl (C=O) groups is 1. The van der Waals surface area contributed by atoms with Crippen LogP contribution in [0.1, 0.15) is 38.3 Å². The molecule has 0 bridgehead atoms. The zero-order chi connectivity index (χ0) is 15.0. The number of hydrogen-bond donors (Lipinski definition) is 2. The number of rotatable bonds is 3. The summed E-state index contributed by atoms with van der Waals surface area (Å²) in [5.74, 6) is -0.934. The van der Waals surface area contributed by atoms with Crippen molar-refractivity contribution in [3.63, 3.8) is 0 Å². The lowest BCUT2D eigenvalue weighted by Crippen LogP contribution is -2.45. The highest BCUT2D eigenvalue weighted by atomic mass is 19.1. The van der Waals surface area contributed by atoms with E-state index in [2.05, 4.69) is 15.4 Å². The van der Waals surface area contributed by atoms with Gasteiger partial charge in [-0.1, -0.05) is 0 Å². The average molecular weight is 294 g/mol. The van der Waals surface area contributed by atoms with Crippen LogP contribution in [0.15, 0.2) is 17.6 Å². The van der Waals surface area contributed by atoms with Gasteiger partial charge in [0.25, 0.3) is 5.91 Å². The molecule has 1 aliphatic carbocycles. The second kappa shape index (κ2) is 5.22. The molecule has 2 fully saturated rings. The van der Waals surface area contributed by atoms with Crippen LogP contribution in [-0.4, -0.2) is 44.4 Å². The first-order valence-corrected chi connectivity index (χ1v) is 7.25. The van der Waals surface area contributed by atoms with Gasteiger partial charge < -0.3 is 10.0 Å². The average Bonchev–Trinajstić information content (AvgIpc) is 3.19. The first-order valence-electron chi connectivity index (χ1n) is 7.25. The van der Waals surface area contributed by atoms with Crippen LogP contribution in [0.2, 0.25) is 0 Å². The van der Waals surface area contributed by atoms with Crippen LogP contribution in [0.25, 0.3) is 0 Å². The monoisotopic (exact) mass is 294 g/mol. The molecule has 2 aliphatic rings. The standard InChI is InChI=1S/C14H19FN4O2/c1-9(10-2-3-10)12(15)13(20)19-6-4-14(21,5-7-19)11-8-16-18-17-11/h8,10,21H,2-7H2,1H3,(H,16,17,18). The normalized spacial score (nSPS) is 22.9. The van der Waals surface area contributed by atoms with Gasteiger partial charge in [0.1, 0.15) is 11.3 Å². The molecular weight excluding hydrogens is 275 g/mol. The van der Waals surface area contributed by atoms with Crippen LogP contribution in [-0.2, 0) is 10.4 Å². The Balaban J connectivity index is 1.66. The summed E-state index contributed by atoms with van der Waals surface area (Å²) in [5.41, 5.74) is -0.0488. The molecule has 114 valence electrons. The maximum atomic E-state index is 14.1. The maximum Gasteiger partial charge on any atom is 0.282 e. The minimum absolute atomic E-state index is 0.241. The number of H-pyrrole nitrogens is 1. The topological polar surface area (TPSA) is 82.1 Å². The SMILES string of the molecule is CC(=C(F)C(=O)N1CCC(O)(c2cn[nH]n2)CC1)C1CC1. The molecule has 0 radical (unpaired) electrons. The number of carbonyl (C=O) groups excluding carboxylic acids is 1. The van der Waals surface area contributed by atoms with E-state index < -0.39 is 17.3 Å². The van der Waals surface area contributed by atoms with Crippen molar-refractivity contribution in [2.75, 3.05) is 13.1 Å². The molecular formula is C14H19FN4O2. The summed E-state index contributed by atoms with van der Waals surface area (Å²) in [4.78, 5) is 13.6. The highest BCUT2D eigenvalue weighted by Gasteiger charge is 2.39. The number of nitrogens with zero attached hydrogens (tertiary/aromatic N) is 3. The van der Waals surface area contributed by atoms with Crippen LogP contribution in [0.5, 0.6) is 0 Å². The number of piperidine rings is 1. The fourth-order valence-corrected chi connectivity index (χ4v) is 2.76. The molecule has 0 unspecified atom stereocenters. The summed E-state index contributed by atoms with van der Waals surface area (Å²) in [5, 5.41) is 20.6. The minimum atomic E-state index is -1.09. The number of halogens is 1. The Bertz CT molecular complexity index is 558. The molecule has 1 aromatic rings. The second-order valence-corrected chi connectivity index (χ2v) is 5.95. The van der Waals surface area contributed by atoms with E-state index in [1.807, 2.05) is 0 Å². The molecule has 0 spiro atoms. The molecule has 1 aromatic heterocycles. The lowest BCUT2D eigenvalue weighted by atomic mass is 9.88. The molecule has 1 saturated carbocycles. The lowest BCUT2D eigenvalue weighted by Gasteiger charge is -2.36. The summed E-state index contributed by atoms with van der Waals surface area (Å²) in [7, 11) is 0. The predicted octanol–water partition coefficient (Wildman–Crippen LogP) is 1.27. The zero-order valence-electron chi connectivity index (χ0n) is 12.0. The predicted molar refractivity (Wildman–Crippen MR) is 72.6 cm³/mol. The van der Waals surface area contributed by atoms with Gasteiger partial charge in [-0.15, -0.1) is 0 Å². The Kier molecular flexibility index (Phi) is 3.52. The molecule has 0 atom stereocenters. The lowest BCUT2D eigenvalue weighted by molar-refractivity contribution is -0.133. The van der Waals surface area contributed by atoms with Gasteiger partial charge in [0.2, 0.25) is 0 Å². The van der Waals surface area contributed by atoms with E-state index in [0.717, 1.165) is 12.8 Å². The number of likely N-dealkylation sites (tertiary alicyclic amines) is 1. The van der Waals surface area contributed by atoms with Crippen molar-refractivity contribution in [3.8, 4) is 0 Å². The summed E-state index contributed by atoms with van der Waals surface area (Å²) in [6, 6.07) is 0. The summed E-state index contributed by atoms with van der Waals surface area (Å²) < 4.78 is 14.1. The molecule has 1 saturated heterocycles. The fraction of sp³-hybridized carbons (Fsp3) is 0.643. The van der Waals surface area contributed by atoms with Crippen LogP contribution >= 0.6 is 0 Å². The molecule has 0 aromatic carbocycles. The Hall–Kier alpha value is -1.76. The first kappa shape index (κ1) is 14.2. The Morgan fingerprint density at radius 2 is 2.14 bits per heavy atom.